The number of hydrogen-bond acceptors (Lipinski definition) is 0. The van der Waals surface area contributed by atoms with Crippen LogP contribution in [0.5, 0.6) is 0 Å². The van der Waals surface area contributed by atoms with Crippen molar-refractivity contribution in [1.29, 1.82) is 0 Å². The van der Waals surface area contributed by atoms with Crippen LogP contribution in [0.25, 0.3) is 0 Å². The van der Waals surface area contributed by atoms with Gasteiger partial charge in [-0.25, -0.2) is 0 Å². The molecular weight excluding hydrogens is 268 g/mol. The molecule has 0 aromatic heterocycles. The quantitative estimate of drug-likeness (QED) is 0.450. The van der Waals surface area contributed by atoms with Gasteiger partial charge >= 0.3 is 0 Å². The fourth-order valence-electron chi connectivity index (χ4n) is 4.43. The second-order valence-electron chi connectivity index (χ2n) is 8.90. The van der Waals surface area contributed by atoms with Crippen LogP contribution in [0.2, 0.25) is 10.1 Å². The van der Waals surface area contributed by atoms with Crippen molar-refractivity contribution in [3.8, 4) is 0 Å². The van der Waals surface area contributed by atoms with Gasteiger partial charge in [-0.1, -0.05) is 97.2 Å². The summed E-state index contributed by atoms with van der Waals surface area (Å²) in [5, 5.41) is 2.63. The van der Waals surface area contributed by atoms with Crippen molar-refractivity contribution in [2.45, 2.75) is 104 Å². The molecule has 0 unspecified atom stereocenters. The van der Waals surface area contributed by atoms with E-state index in [-0.39, 0.29) is 0 Å². The molecule has 0 aromatic rings. The molecule has 0 saturated carbocycles. The van der Waals surface area contributed by atoms with Gasteiger partial charge < -0.3 is 0 Å². The molecule has 0 spiro atoms. The van der Waals surface area contributed by atoms with E-state index in [0.717, 1.165) is 0 Å². The first kappa shape index (κ1) is 18.7. The van der Waals surface area contributed by atoms with Crippen molar-refractivity contribution < 1.29 is 0 Å². The van der Waals surface area contributed by atoms with Gasteiger partial charge in [-0.3, -0.25) is 0 Å². The van der Waals surface area contributed by atoms with Crippen molar-refractivity contribution in [2.24, 2.45) is 0 Å². The fraction of sp³-hybridized carbons (Fsp3) is 0.800. The molecule has 0 saturated heterocycles. The van der Waals surface area contributed by atoms with Crippen molar-refractivity contribution in [3.05, 3.63) is 22.5 Å². The summed E-state index contributed by atoms with van der Waals surface area (Å²) in [7, 11) is -1.62. The molecule has 1 heteroatoms. The fourth-order valence-corrected chi connectivity index (χ4v) is 11.4. The lowest BCUT2D eigenvalue weighted by Crippen LogP contribution is -2.51. The van der Waals surface area contributed by atoms with Crippen LogP contribution in [-0.4, -0.2) is 8.07 Å². The van der Waals surface area contributed by atoms with Gasteiger partial charge in [0, 0.05) is 0 Å². The number of hydrogen-bond donors (Lipinski definition) is 0. The standard InChI is InChI=1S/C20H38Si/c1-9-11-13-17-15-18(14-12-10-2)21(16-17,19(3,4)5)20(6,7)8/h15-16H,9-14H2,1-8H3. The SMILES string of the molecule is CCCCC1=C[Si](C(C)(C)C)(C(C)(C)C)C(CCCC)=C1. The lowest BCUT2D eigenvalue weighted by Gasteiger charge is -2.50. The molecule has 0 aromatic carbocycles. The Morgan fingerprint density at radius 1 is 0.810 bits per heavy atom. The van der Waals surface area contributed by atoms with E-state index in [2.05, 4.69) is 67.2 Å². The third-order valence-electron chi connectivity index (χ3n) is 5.25. The van der Waals surface area contributed by atoms with Gasteiger partial charge in [0.2, 0.25) is 0 Å². The Bertz CT molecular complexity index is 385. The van der Waals surface area contributed by atoms with Crippen LogP contribution in [0.1, 0.15) is 93.9 Å². The molecule has 0 bridgehead atoms. The highest BCUT2D eigenvalue weighted by molar-refractivity contribution is 6.96. The van der Waals surface area contributed by atoms with Crippen molar-refractivity contribution >= 4 is 8.07 Å². The highest BCUT2D eigenvalue weighted by atomic mass is 28.3. The molecule has 1 rings (SSSR count). The van der Waals surface area contributed by atoms with Gasteiger partial charge in [-0.2, -0.15) is 0 Å². The van der Waals surface area contributed by atoms with Crippen LogP contribution < -0.4 is 0 Å². The summed E-state index contributed by atoms with van der Waals surface area (Å²) in [6.45, 7) is 19.6. The van der Waals surface area contributed by atoms with Crippen LogP contribution in [0.3, 0.4) is 0 Å². The van der Waals surface area contributed by atoms with Crippen LogP contribution in [0, 0.1) is 0 Å². The Morgan fingerprint density at radius 2 is 1.29 bits per heavy atom. The summed E-state index contributed by atoms with van der Waals surface area (Å²) in [5.74, 6) is 0. The van der Waals surface area contributed by atoms with E-state index in [4.69, 9.17) is 0 Å². The second kappa shape index (κ2) is 6.85. The Labute approximate surface area is 135 Å². The largest absolute Gasteiger partial charge is 0.116 e. The maximum Gasteiger partial charge on any atom is 0.116 e. The van der Waals surface area contributed by atoms with Crippen LogP contribution in [-0.2, 0) is 0 Å². The van der Waals surface area contributed by atoms with E-state index in [0.29, 0.717) is 10.1 Å². The summed E-state index contributed by atoms with van der Waals surface area (Å²) < 4.78 is 0. The smallest absolute Gasteiger partial charge is 0.0861 e. The second-order valence-corrected chi connectivity index (χ2v) is 14.5. The molecule has 122 valence electrons. The minimum Gasteiger partial charge on any atom is -0.0861 e. The molecule has 21 heavy (non-hydrogen) atoms. The van der Waals surface area contributed by atoms with E-state index in [1.54, 1.807) is 5.57 Å². The molecule has 1 heterocycles. The number of unbranched alkanes of at least 4 members (excludes halogenated alkanes) is 2. The molecule has 1 aliphatic rings. The zero-order valence-corrected chi connectivity index (χ0v) is 16.9. The average molecular weight is 307 g/mol. The first-order valence-electron chi connectivity index (χ1n) is 9.03. The first-order valence-corrected chi connectivity index (χ1v) is 11.1. The van der Waals surface area contributed by atoms with Gasteiger partial charge in [0.1, 0.15) is 8.07 Å². The Kier molecular flexibility index (Phi) is 6.12. The third kappa shape index (κ3) is 3.72. The van der Waals surface area contributed by atoms with E-state index in [9.17, 15) is 0 Å². The van der Waals surface area contributed by atoms with Crippen LogP contribution in [0.15, 0.2) is 22.5 Å². The van der Waals surface area contributed by atoms with Gasteiger partial charge in [0.15, 0.2) is 0 Å². The predicted molar refractivity (Wildman–Crippen MR) is 100 cm³/mol. The van der Waals surface area contributed by atoms with Gasteiger partial charge in [-0.05, 0) is 29.3 Å². The summed E-state index contributed by atoms with van der Waals surface area (Å²) in [4.78, 5) is 0. The maximum atomic E-state index is 2.79. The van der Waals surface area contributed by atoms with E-state index >= 15 is 0 Å². The normalized spacial score (nSPS) is 18.7. The summed E-state index contributed by atoms with van der Waals surface area (Å²) in [6.07, 6.45) is 10.5. The molecule has 0 nitrogen and oxygen atoms in total. The van der Waals surface area contributed by atoms with E-state index in [1.807, 2.05) is 5.20 Å². The monoisotopic (exact) mass is 306 g/mol. The zero-order valence-electron chi connectivity index (χ0n) is 15.9. The Hall–Kier alpha value is -0.303. The molecule has 0 N–H and O–H groups in total. The predicted octanol–water partition coefficient (Wildman–Crippen LogP) is 7.36. The highest BCUT2D eigenvalue weighted by Gasteiger charge is 2.54. The average Bonchev–Trinajstić information content (AvgIpc) is 2.72. The van der Waals surface area contributed by atoms with Gasteiger partial charge in [0.25, 0.3) is 0 Å². The van der Waals surface area contributed by atoms with Gasteiger partial charge in [-0.15, -0.1) is 0 Å². The van der Waals surface area contributed by atoms with Crippen molar-refractivity contribution in [1.82, 2.24) is 0 Å². The lowest BCUT2D eigenvalue weighted by molar-refractivity contribution is 0.623. The molecule has 0 atom stereocenters. The summed E-state index contributed by atoms with van der Waals surface area (Å²) in [5.41, 5.74) is 4.44. The molecule has 1 aliphatic heterocycles. The minimum absolute atomic E-state index is 0.402. The summed E-state index contributed by atoms with van der Waals surface area (Å²) >= 11 is 0. The molecule has 0 fully saturated rings. The lowest BCUT2D eigenvalue weighted by atomic mass is 10.1. The molecular formula is C20H38Si. The van der Waals surface area contributed by atoms with Crippen LogP contribution >= 0.6 is 0 Å². The highest BCUT2D eigenvalue weighted by Crippen LogP contribution is 2.59. The first-order chi connectivity index (χ1) is 9.60. The Balaban J connectivity index is 3.29. The van der Waals surface area contributed by atoms with Crippen molar-refractivity contribution in [3.63, 3.8) is 0 Å². The van der Waals surface area contributed by atoms with Crippen LogP contribution in [0.4, 0.5) is 0 Å². The van der Waals surface area contributed by atoms with Gasteiger partial charge in [0.05, 0.1) is 0 Å². The molecule has 0 amide bonds. The van der Waals surface area contributed by atoms with E-state index in [1.165, 1.54) is 38.5 Å². The maximum absolute atomic E-state index is 2.79. The number of allylic oxidation sites excluding steroid dienone is 3. The minimum atomic E-state index is -1.62. The topological polar surface area (TPSA) is 0 Å². The molecule has 0 aliphatic carbocycles. The zero-order chi connectivity index (χ0) is 16.3. The molecule has 0 radical (unpaired) electrons. The summed E-state index contributed by atoms with van der Waals surface area (Å²) in [6, 6.07) is 0. The Morgan fingerprint density at radius 3 is 1.71 bits per heavy atom. The van der Waals surface area contributed by atoms with E-state index < -0.39 is 8.07 Å². The number of rotatable bonds is 6. The van der Waals surface area contributed by atoms with Crippen molar-refractivity contribution in [2.75, 3.05) is 0 Å². The third-order valence-corrected chi connectivity index (χ3v) is 12.2.